The lowest BCUT2D eigenvalue weighted by Gasteiger charge is -2.16. The summed E-state index contributed by atoms with van der Waals surface area (Å²) in [5.41, 5.74) is -0.281. The van der Waals surface area contributed by atoms with Crippen molar-refractivity contribution in [2.45, 2.75) is 42.9 Å². The molecule has 1 N–H and O–H groups in total. The van der Waals surface area contributed by atoms with E-state index in [-0.39, 0.29) is 20.6 Å². The second-order valence-electron chi connectivity index (χ2n) is 4.00. The van der Waals surface area contributed by atoms with Crippen molar-refractivity contribution in [1.82, 2.24) is 5.32 Å². The highest BCUT2D eigenvalue weighted by molar-refractivity contribution is 9.25. The van der Waals surface area contributed by atoms with Gasteiger partial charge in [-0.25, -0.2) is 0 Å². The molecule has 1 fully saturated rings. The summed E-state index contributed by atoms with van der Waals surface area (Å²) in [6, 6.07) is 0.265. The molecule has 0 aliphatic heterocycles. The van der Waals surface area contributed by atoms with Crippen LogP contribution in [0.2, 0.25) is 0 Å². The minimum absolute atomic E-state index is 0.135. The van der Waals surface area contributed by atoms with Crippen LogP contribution in [0.3, 0.4) is 0 Å². The average molecular weight is 313 g/mol. The first-order chi connectivity index (χ1) is 5.83. The molecule has 1 aliphatic carbocycles. The molecule has 13 heavy (non-hydrogen) atoms. The summed E-state index contributed by atoms with van der Waals surface area (Å²) in [4.78, 5) is 11.7. The van der Waals surface area contributed by atoms with Gasteiger partial charge in [0.25, 0.3) is 0 Å². The molecule has 0 aromatic heterocycles. The molecule has 1 amide bonds. The molecule has 76 valence electrons. The highest BCUT2D eigenvalue weighted by atomic mass is 79.9. The number of rotatable bonds is 3. The molecular formula is C9H15Br2NO. The Labute approximate surface area is 96.1 Å². The number of amides is 1. The van der Waals surface area contributed by atoms with Gasteiger partial charge in [0.2, 0.25) is 5.91 Å². The number of hydrogen-bond acceptors (Lipinski definition) is 1. The van der Waals surface area contributed by atoms with Crippen molar-refractivity contribution in [1.29, 1.82) is 0 Å². The van der Waals surface area contributed by atoms with Gasteiger partial charge in [-0.1, -0.05) is 38.8 Å². The van der Waals surface area contributed by atoms with E-state index in [1.807, 2.05) is 13.8 Å². The maximum absolute atomic E-state index is 11.7. The van der Waals surface area contributed by atoms with Crippen LogP contribution in [0, 0.1) is 5.41 Å². The largest absolute Gasteiger partial charge is 0.353 e. The number of carbonyl (C=O) groups excluding carboxylic acids is 1. The van der Waals surface area contributed by atoms with Gasteiger partial charge in [0.1, 0.15) is 0 Å². The summed E-state index contributed by atoms with van der Waals surface area (Å²) in [6.07, 6.45) is 1.82. The van der Waals surface area contributed by atoms with Gasteiger partial charge in [0.15, 0.2) is 0 Å². The van der Waals surface area contributed by atoms with E-state index in [1.165, 1.54) is 0 Å². The summed E-state index contributed by atoms with van der Waals surface area (Å²) >= 11 is 6.95. The van der Waals surface area contributed by atoms with Crippen LogP contribution in [0.5, 0.6) is 0 Å². The molecule has 0 unspecified atom stereocenters. The minimum Gasteiger partial charge on any atom is -0.353 e. The molecule has 0 bridgehead atoms. The molecule has 2 atom stereocenters. The zero-order chi connectivity index (χ0) is 10.3. The third-order valence-corrected chi connectivity index (χ3v) is 5.06. The van der Waals surface area contributed by atoms with Crippen LogP contribution in [-0.4, -0.2) is 15.2 Å². The number of halogens is 2. The average Bonchev–Trinajstić information content (AvgIpc) is 2.52. The summed E-state index contributed by atoms with van der Waals surface area (Å²) in [7, 11) is 0. The maximum atomic E-state index is 11.7. The van der Waals surface area contributed by atoms with E-state index >= 15 is 0 Å². The van der Waals surface area contributed by atoms with Crippen molar-refractivity contribution >= 4 is 37.8 Å². The molecule has 0 spiro atoms. The Kier molecular flexibility index (Phi) is 3.13. The van der Waals surface area contributed by atoms with E-state index in [4.69, 9.17) is 0 Å². The van der Waals surface area contributed by atoms with Gasteiger partial charge in [-0.15, -0.1) is 0 Å². The van der Waals surface area contributed by atoms with Gasteiger partial charge in [-0.2, -0.15) is 0 Å². The Bertz CT molecular complexity index is 230. The highest BCUT2D eigenvalue weighted by Crippen LogP contribution is 2.66. The monoisotopic (exact) mass is 311 g/mol. The quantitative estimate of drug-likeness (QED) is 0.798. The number of nitrogens with one attached hydrogen (secondary N) is 1. The fourth-order valence-electron chi connectivity index (χ4n) is 1.13. The van der Waals surface area contributed by atoms with Crippen molar-refractivity contribution in [3.63, 3.8) is 0 Å². The highest BCUT2D eigenvalue weighted by Gasteiger charge is 2.66. The van der Waals surface area contributed by atoms with E-state index in [1.54, 1.807) is 0 Å². The first-order valence-corrected chi connectivity index (χ1v) is 6.11. The van der Waals surface area contributed by atoms with Crippen LogP contribution >= 0.6 is 31.9 Å². The van der Waals surface area contributed by atoms with Crippen molar-refractivity contribution < 1.29 is 4.79 Å². The standard InChI is InChI=1S/C9H15Br2NO/c1-4-6(2)12-7(13)8(3)5-9(8,10)11/h6H,4-5H2,1-3H3,(H,12,13)/t6-,8-/m0/s1. The SMILES string of the molecule is CC[C@H](C)NC(=O)[C@]1(C)CC1(Br)Br. The fraction of sp³-hybridized carbons (Fsp3) is 0.889. The number of carbonyl (C=O) groups is 1. The van der Waals surface area contributed by atoms with E-state index in [2.05, 4.69) is 44.1 Å². The van der Waals surface area contributed by atoms with E-state index < -0.39 is 0 Å². The van der Waals surface area contributed by atoms with E-state index in [0.29, 0.717) is 0 Å². The Morgan fingerprint density at radius 1 is 1.62 bits per heavy atom. The van der Waals surface area contributed by atoms with Gasteiger partial charge in [0, 0.05) is 6.04 Å². The maximum Gasteiger partial charge on any atom is 0.228 e. The molecule has 4 heteroatoms. The van der Waals surface area contributed by atoms with E-state index in [9.17, 15) is 4.79 Å². The molecule has 0 aromatic rings. The zero-order valence-corrected chi connectivity index (χ0v) is 11.3. The molecule has 0 aromatic carbocycles. The lowest BCUT2D eigenvalue weighted by molar-refractivity contribution is -0.126. The van der Waals surface area contributed by atoms with Crippen molar-refractivity contribution in [2.75, 3.05) is 0 Å². The molecule has 2 nitrogen and oxygen atoms in total. The third kappa shape index (κ3) is 2.09. The minimum atomic E-state index is -0.281. The molecule has 1 aliphatic rings. The summed E-state index contributed by atoms with van der Waals surface area (Å²) in [6.45, 7) is 6.05. The second-order valence-corrected chi connectivity index (χ2v) is 7.77. The van der Waals surface area contributed by atoms with Crippen molar-refractivity contribution in [2.24, 2.45) is 5.41 Å². The Hall–Kier alpha value is 0.430. The normalized spacial score (nSPS) is 32.4. The number of alkyl halides is 2. The molecular weight excluding hydrogens is 298 g/mol. The lowest BCUT2D eigenvalue weighted by atomic mass is 10.1. The molecule has 1 saturated carbocycles. The van der Waals surface area contributed by atoms with Crippen LogP contribution in [-0.2, 0) is 4.79 Å². The zero-order valence-electron chi connectivity index (χ0n) is 8.16. The van der Waals surface area contributed by atoms with Crippen LogP contribution in [0.25, 0.3) is 0 Å². The fourth-order valence-corrected chi connectivity index (χ4v) is 2.61. The topological polar surface area (TPSA) is 29.1 Å². The predicted octanol–water partition coefficient (Wildman–Crippen LogP) is 2.80. The van der Waals surface area contributed by atoms with Crippen LogP contribution < -0.4 is 5.32 Å². The Balaban J connectivity index is 2.51. The number of hydrogen-bond donors (Lipinski definition) is 1. The Morgan fingerprint density at radius 3 is 2.38 bits per heavy atom. The van der Waals surface area contributed by atoms with Gasteiger partial charge < -0.3 is 5.32 Å². The summed E-state index contributed by atoms with van der Waals surface area (Å²) < 4.78 is -0.176. The third-order valence-electron chi connectivity index (χ3n) is 2.75. The van der Waals surface area contributed by atoms with Gasteiger partial charge in [-0.3, -0.25) is 4.79 Å². The van der Waals surface area contributed by atoms with Crippen LogP contribution in [0.4, 0.5) is 0 Å². The van der Waals surface area contributed by atoms with Crippen LogP contribution in [0.1, 0.15) is 33.6 Å². The molecule has 0 radical (unpaired) electrons. The smallest absolute Gasteiger partial charge is 0.228 e. The lowest BCUT2D eigenvalue weighted by Crippen LogP contribution is -2.38. The van der Waals surface area contributed by atoms with Crippen molar-refractivity contribution in [3.05, 3.63) is 0 Å². The molecule has 0 saturated heterocycles. The van der Waals surface area contributed by atoms with Crippen molar-refractivity contribution in [3.8, 4) is 0 Å². The summed E-state index contributed by atoms with van der Waals surface area (Å²) in [5.74, 6) is 0.135. The van der Waals surface area contributed by atoms with Gasteiger partial charge in [0.05, 0.1) is 8.65 Å². The predicted molar refractivity (Wildman–Crippen MR) is 61.2 cm³/mol. The Morgan fingerprint density at radius 2 is 2.08 bits per heavy atom. The van der Waals surface area contributed by atoms with Crippen LogP contribution in [0.15, 0.2) is 0 Å². The summed E-state index contributed by atoms with van der Waals surface area (Å²) in [5, 5.41) is 2.99. The van der Waals surface area contributed by atoms with Gasteiger partial charge in [-0.05, 0) is 26.7 Å². The first kappa shape index (κ1) is 11.5. The second kappa shape index (κ2) is 3.54. The first-order valence-electron chi connectivity index (χ1n) is 4.52. The van der Waals surface area contributed by atoms with E-state index in [0.717, 1.165) is 12.8 Å². The molecule has 1 rings (SSSR count). The van der Waals surface area contributed by atoms with Gasteiger partial charge >= 0.3 is 0 Å². The molecule has 0 heterocycles.